The van der Waals surface area contributed by atoms with Crippen molar-refractivity contribution in [3.63, 3.8) is 0 Å². The summed E-state index contributed by atoms with van der Waals surface area (Å²) in [6.07, 6.45) is 4.84. The molecular weight excluding hydrogens is 345 g/mol. The van der Waals surface area contributed by atoms with E-state index in [-0.39, 0.29) is 30.3 Å². The smallest absolute Gasteiger partial charge is 0.131 e. The summed E-state index contributed by atoms with van der Waals surface area (Å²) in [5.41, 5.74) is 1.83. The van der Waals surface area contributed by atoms with Crippen molar-refractivity contribution in [3.05, 3.63) is 59.4 Å². The second-order valence-corrected chi connectivity index (χ2v) is 7.82. The van der Waals surface area contributed by atoms with Crippen molar-refractivity contribution >= 4 is 0 Å². The highest BCUT2D eigenvalue weighted by molar-refractivity contribution is 5.17. The first-order chi connectivity index (χ1) is 13.1. The van der Waals surface area contributed by atoms with Gasteiger partial charge in [-0.3, -0.25) is 0 Å². The van der Waals surface area contributed by atoms with E-state index in [1.807, 2.05) is 18.3 Å². The van der Waals surface area contributed by atoms with Gasteiger partial charge in [0.05, 0.1) is 6.10 Å². The molecule has 2 aliphatic carbocycles. The van der Waals surface area contributed by atoms with Gasteiger partial charge in [0.2, 0.25) is 0 Å². The fraction of sp³-hybridized carbons (Fsp3) is 0.524. The van der Waals surface area contributed by atoms with Crippen LogP contribution in [0.1, 0.15) is 42.3 Å². The molecule has 2 fully saturated rings. The Kier molecular flexibility index (Phi) is 5.48. The first-order valence-electron chi connectivity index (χ1n) is 9.72. The second kappa shape index (κ2) is 8.00. The lowest BCUT2D eigenvalue weighted by molar-refractivity contribution is 0.0716. The van der Waals surface area contributed by atoms with Crippen LogP contribution in [-0.2, 0) is 13.0 Å². The number of rotatable bonds is 7. The zero-order valence-corrected chi connectivity index (χ0v) is 15.3. The van der Waals surface area contributed by atoms with Crippen molar-refractivity contribution in [1.29, 1.82) is 0 Å². The molecule has 0 bridgehead atoms. The lowest BCUT2D eigenvalue weighted by atomic mass is 9.88. The Bertz CT molecular complexity index is 784. The summed E-state index contributed by atoms with van der Waals surface area (Å²) in [6, 6.07) is 8.49. The molecular formula is C21H26FN3O2. The maximum atomic E-state index is 13.4. The lowest BCUT2D eigenvalue weighted by Crippen LogP contribution is -2.36. The molecule has 4 rings (SSSR count). The fourth-order valence-electron chi connectivity index (χ4n) is 4.18. The molecule has 0 amide bonds. The Morgan fingerprint density at radius 1 is 1.19 bits per heavy atom. The topological polar surface area (TPSA) is 78.3 Å². The number of aromatic nitrogens is 2. The van der Waals surface area contributed by atoms with Crippen LogP contribution in [-0.4, -0.2) is 38.9 Å². The highest BCUT2D eigenvalue weighted by Crippen LogP contribution is 2.38. The largest absolute Gasteiger partial charge is 0.396 e. The highest BCUT2D eigenvalue weighted by atomic mass is 19.1. The van der Waals surface area contributed by atoms with Gasteiger partial charge in [-0.05, 0) is 55.4 Å². The maximum Gasteiger partial charge on any atom is 0.131 e. The Balaban J connectivity index is 1.47. The number of halogens is 1. The third-order valence-electron chi connectivity index (χ3n) is 5.84. The minimum absolute atomic E-state index is 0.0414. The van der Waals surface area contributed by atoms with Crippen molar-refractivity contribution in [2.75, 3.05) is 6.61 Å². The summed E-state index contributed by atoms with van der Waals surface area (Å²) in [4.78, 5) is 9.08. The van der Waals surface area contributed by atoms with E-state index >= 15 is 0 Å². The van der Waals surface area contributed by atoms with Gasteiger partial charge in [0, 0.05) is 42.9 Å². The average molecular weight is 371 g/mol. The van der Waals surface area contributed by atoms with E-state index in [1.54, 1.807) is 6.07 Å². The zero-order chi connectivity index (χ0) is 18.8. The monoisotopic (exact) mass is 371 g/mol. The SMILES string of the molecule is OCC1C(O)CC(NCc2cccc(F)c2)C1Cc1ccnc(C2CC2)n1. The quantitative estimate of drug-likeness (QED) is 0.695. The third kappa shape index (κ3) is 4.34. The van der Waals surface area contributed by atoms with E-state index in [4.69, 9.17) is 4.98 Å². The Morgan fingerprint density at radius 2 is 2.04 bits per heavy atom. The van der Waals surface area contributed by atoms with Crippen molar-refractivity contribution in [2.24, 2.45) is 11.8 Å². The molecule has 1 aromatic carbocycles. The van der Waals surface area contributed by atoms with Gasteiger partial charge in [0.1, 0.15) is 11.6 Å². The molecule has 2 aromatic rings. The van der Waals surface area contributed by atoms with E-state index < -0.39 is 6.10 Å². The average Bonchev–Trinajstić information content (AvgIpc) is 3.46. The van der Waals surface area contributed by atoms with Crippen LogP contribution in [0, 0.1) is 17.7 Å². The van der Waals surface area contributed by atoms with Crippen LogP contribution in [0.5, 0.6) is 0 Å². The number of aliphatic hydroxyl groups is 2. The number of nitrogens with one attached hydrogen (secondary N) is 1. The minimum atomic E-state index is -0.547. The van der Waals surface area contributed by atoms with Crippen molar-refractivity contribution in [3.8, 4) is 0 Å². The summed E-state index contributed by atoms with van der Waals surface area (Å²) < 4.78 is 13.4. The van der Waals surface area contributed by atoms with Crippen LogP contribution in [0.2, 0.25) is 0 Å². The molecule has 0 spiro atoms. The van der Waals surface area contributed by atoms with Crippen molar-refractivity contribution < 1.29 is 14.6 Å². The summed E-state index contributed by atoms with van der Waals surface area (Å²) in [7, 11) is 0. The van der Waals surface area contributed by atoms with E-state index in [0.29, 0.717) is 25.3 Å². The summed E-state index contributed by atoms with van der Waals surface area (Å²) >= 11 is 0. The van der Waals surface area contributed by atoms with Crippen LogP contribution in [0.15, 0.2) is 36.5 Å². The predicted molar refractivity (Wildman–Crippen MR) is 99.4 cm³/mol. The first-order valence-corrected chi connectivity index (χ1v) is 9.72. The number of hydrogen-bond acceptors (Lipinski definition) is 5. The van der Waals surface area contributed by atoms with Gasteiger partial charge in [-0.1, -0.05) is 12.1 Å². The molecule has 0 saturated heterocycles. The molecule has 2 saturated carbocycles. The van der Waals surface area contributed by atoms with Gasteiger partial charge in [0.15, 0.2) is 0 Å². The number of hydrogen-bond donors (Lipinski definition) is 3. The number of aliphatic hydroxyl groups excluding tert-OH is 2. The summed E-state index contributed by atoms with van der Waals surface area (Å²) in [5, 5.41) is 23.7. The first kappa shape index (κ1) is 18.5. The molecule has 144 valence electrons. The Morgan fingerprint density at radius 3 is 2.78 bits per heavy atom. The zero-order valence-electron chi connectivity index (χ0n) is 15.3. The lowest BCUT2D eigenvalue weighted by Gasteiger charge is -2.25. The van der Waals surface area contributed by atoms with E-state index in [2.05, 4.69) is 10.3 Å². The van der Waals surface area contributed by atoms with Crippen molar-refractivity contribution in [2.45, 2.75) is 50.3 Å². The van der Waals surface area contributed by atoms with E-state index in [1.165, 1.54) is 12.1 Å². The third-order valence-corrected chi connectivity index (χ3v) is 5.84. The molecule has 4 unspecified atom stereocenters. The standard InChI is InChI=1S/C21H26FN3O2/c22-15-3-1-2-13(8-15)11-24-19-10-20(27)18(12-26)17(19)9-16-6-7-23-21(25-16)14-4-5-14/h1-3,6-8,14,17-20,24,26-27H,4-5,9-12H2. The van der Waals surface area contributed by atoms with E-state index in [9.17, 15) is 14.6 Å². The Hall–Kier alpha value is -1.89. The number of nitrogens with zero attached hydrogens (tertiary/aromatic N) is 2. The highest BCUT2D eigenvalue weighted by Gasteiger charge is 2.42. The van der Waals surface area contributed by atoms with Gasteiger partial charge in [-0.2, -0.15) is 0 Å². The molecule has 1 heterocycles. The predicted octanol–water partition coefficient (Wildman–Crippen LogP) is 2.18. The summed E-state index contributed by atoms with van der Waals surface area (Å²) in [5.74, 6) is 1.04. The van der Waals surface area contributed by atoms with Gasteiger partial charge >= 0.3 is 0 Å². The van der Waals surface area contributed by atoms with Crippen LogP contribution >= 0.6 is 0 Å². The van der Waals surface area contributed by atoms with Gasteiger partial charge in [-0.15, -0.1) is 0 Å². The molecule has 0 radical (unpaired) electrons. The molecule has 2 aliphatic rings. The van der Waals surface area contributed by atoms with Crippen LogP contribution in [0.25, 0.3) is 0 Å². The fourth-order valence-corrected chi connectivity index (χ4v) is 4.18. The van der Waals surface area contributed by atoms with Gasteiger partial charge < -0.3 is 15.5 Å². The molecule has 27 heavy (non-hydrogen) atoms. The Labute approximate surface area is 158 Å². The second-order valence-electron chi connectivity index (χ2n) is 7.82. The molecule has 0 aliphatic heterocycles. The van der Waals surface area contributed by atoms with Gasteiger partial charge in [-0.25, -0.2) is 14.4 Å². The molecule has 4 atom stereocenters. The minimum Gasteiger partial charge on any atom is -0.396 e. The molecule has 3 N–H and O–H groups in total. The molecule has 5 nitrogen and oxygen atoms in total. The normalized spacial score (nSPS) is 27.8. The summed E-state index contributed by atoms with van der Waals surface area (Å²) in [6.45, 7) is 0.478. The molecule has 1 aromatic heterocycles. The molecule has 6 heteroatoms. The van der Waals surface area contributed by atoms with Crippen LogP contribution in [0.4, 0.5) is 4.39 Å². The van der Waals surface area contributed by atoms with E-state index in [0.717, 1.165) is 29.9 Å². The van der Waals surface area contributed by atoms with Gasteiger partial charge in [0.25, 0.3) is 0 Å². The number of benzene rings is 1. The van der Waals surface area contributed by atoms with Crippen molar-refractivity contribution in [1.82, 2.24) is 15.3 Å². The van der Waals surface area contributed by atoms with Crippen LogP contribution < -0.4 is 5.32 Å². The van der Waals surface area contributed by atoms with Crippen LogP contribution in [0.3, 0.4) is 0 Å². The maximum absolute atomic E-state index is 13.4.